The largest absolute Gasteiger partial charge is 0.361 e. The topological polar surface area (TPSA) is 84.7 Å². The number of nitrogens with one attached hydrogen (secondary N) is 1. The molecule has 0 unspecified atom stereocenters. The van der Waals surface area contributed by atoms with Crippen LogP contribution in [-0.4, -0.2) is 40.6 Å². The highest BCUT2D eigenvalue weighted by Crippen LogP contribution is 2.32. The molecule has 0 aliphatic carbocycles. The quantitative estimate of drug-likeness (QED) is 0.884. The van der Waals surface area contributed by atoms with Crippen molar-refractivity contribution < 1.29 is 18.8 Å². The van der Waals surface area contributed by atoms with Gasteiger partial charge in [-0.1, -0.05) is 35.5 Å². The van der Waals surface area contributed by atoms with E-state index >= 15 is 0 Å². The van der Waals surface area contributed by atoms with Crippen LogP contribution in [0.4, 0.5) is 0 Å². The molecule has 2 heterocycles. The van der Waals surface area contributed by atoms with Crippen molar-refractivity contribution in [2.24, 2.45) is 0 Å². The van der Waals surface area contributed by atoms with Crippen LogP contribution in [-0.2, 0) is 20.9 Å². The summed E-state index contributed by atoms with van der Waals surface area (Å²) < 4.78 is 10.7. The number of carbonyl (C=O) groups is 2. The summed E-state index contributed by atoms with van der Waals surface area (Å²) in [6.45, 7) is 5.80. The Morgan fingerprint density at radius 3 is 2.69 bits per heavy atom. The number of aromatic nitrogens is 1. The Labute approximate surface area is 152 Å². The number of morpholine rings is 1. The number of nitrogens with zero attached hydrogens (tertiary/aromatic N) is 2. The Morgan fingerprint density at radius 1 is 1.35 bits per heavy atom. The number of aryl methyl sites for hydroxylation is 1. The lowest BCUT2D eigenvalue weighted by atomic mass is 9.96. The highest BCUT2D eigenvalue weighted by atomic mass is 16.5. The van der Waals surface area contributed by atoms with Crippen molar-refractivity contribution in [2.75, 3.05) is 6.61 Å². The summed E-state index contributed by atoms with van der Waals surface area (Å²) in [5, 5.41) is 6.70. The second-order valence-electron chi connectivity index (χ2n) is 6.63. The lowest BCUT2D eigenvalue weighted by Gasteiger charge is -2.42. The fourth-order valence-electron chi connectivity index (χ4n) is 3.22. The van der Waals surface area contributed by atoms with Crippen LogP contribution in [0.2, 0.25) is 0 Å². The van der Waals surface area contributed by atoms with Crippen LogP contribution >= 0.6 is 0 Å². The minimum atomic E-state index is -0.787. The van der Waals surface area contributed by atoms with Gasteiger partial charge in [0.2, 0.25) is 5.91 Å². The van der Waals surface area contributed by atoms with Crippen molar-refractivity contribution in [3.05, 3.63) is 53.4 Å². The number of carbonyl (C=O) groups excluding carboxylic acids is 2. The lowest BCUT2D eigenvalue weighted by Crippen LogP contribution is -2.56. The molecule has 7 nitrogen and oxygen atoms in total. The first-order chi connectivity index (χ1) is 12.5. The van der Waals surface area contributed by atoms with Gasteiger partial charge in [0.15, 0.2) is 6.10 Å². The van der Waals surface area contributed by atoms with Crippen molar-refractivity contribution in [1.29, 1.82) is 0 Å². The molecule has 1 fully saturated rings. The van der Waals surface area contributed by atoms with Gasteiger partial charge in [-0.25, -0.2) is 0 Å². The summed E-state index contributed by atoms with van der Waals surface area (Å²) in [6, 6.07) is 10.7. The molecular weight excluding hydrogens is 334 g/mol. The molecule has 0 saturated carbocycles. The highest BCUT2D eigenvalue weighted by molar-refractivity contribution is 5.86. The molecule has 26 heavy (non-hydrogen) atoms. The Bertz CT molecular complexity index is 772. The summed E-state index contributed by atoms with van der Waals surface area (Å²) >= 11 is 0. The molecule has 7 heteroatoms. The van der Waals surface area contributed by atoms with Gasteiger partial charge in [0.1, 0.15) is 18.1 Å². The van der Waals surface area contributed by atoms with E-state index in [2.05, 4.69) is 10.5 Å². The normalized spacial score (nSPS) is 20.5. The molecule has 1 aliphatic rings. The van der Waals surface area contributed by atoms with Gasteiger partial charge in [-0.3, -0.25) is 9.59 Å². The summed E-state index contributed by atoms with van der Waals surface area (Å²) in [7, 11) is 0. The molecular formula is C19H23N3O4. The van der Waals surface area contributed by atoms with Crippen LogP contribution in [0, 0.1) is 6.92 Å². The molecule has 1 aromatic carbocycles. The van der Waals surface area contributed by atoms with Crippen LogP contribution in [0.15, 0.2) is 40.9 Å². The predicted molar refractivity (Wildman–Crippen MR) is 94.0 cm³/mol. The van der Waals surface area contributed by atoms with Gasteiger partial charge in [-0.15, -0.1) is 0 Å². The summed E-state index contributed by atoms with van der Waals surface area (Å²) in [5.41, 5.74) is 1.51. The van der Waals surface area contributed by atoms with Gasteiger partial charge in [0.05, 0.1) is 12.6 Å². The first kappa shape index (κ1) is 18.1. The SMILES string of the molecule is Cc1cc(CNC(=O)[C@H]2OCC(=O)N(C(C)C)[C@@H]2c2ccccc2)no1. The number of hydrogen-bond donors (Lipinski definition) is 1. The van der Waals surface area contributed by atoms with Gasteiger partial charge in [-0.2, -0.15) is 0 Å². The standard InChI is InChI=1S/C19H23N3O4/c1-12(2)22-16(23)11-25-18(17(22)14-7-5-4-6-8-14)19(24)20-10-15-9-13(3)26-21-15/h4-9,12,17-18H,10-11H2,1-3H3,(H,20,24)/t17-,18+/m1/s1. The maximum absolute atomic E-state index is 12.8. The zero-order valence-electron chi connectivity index (χ0n) is 15.1. The zero-order chi connectivity index (χ0) is 18.7. The van der Waals surface area contributed by atoms with Crippen LogP contribution < -0.4 is 5.32 Å². The van der Waals surface area contributed by atoms with E-state index in [1.807, 2.05) is 44.2 Å². The Hall–Kier alpha value is -2.67. The summed E-state index contributed by atoms with van der Waals surface area (Å²) in [5.74, 6) is 0.282. The maximum atomic E-state index is 12.8. The van der Waals surface area contributed by atoms with Gasteiger partial charge in [0, 0.05) is 12.1 Å². The first-order valence-corrected chi connectivity index (χ1v) is 8.65. The molecule has 0 spiro atoms. The first-order valence-electron chi connectivity index (χ1n) is 8.65. The molecule has 138 valence electrons. The molecule has 2 aromatic rings. The third-order valence-corrected chi connectivity index (χ3v) is 4.34. The number of rotatable bonds is 5. The van der Waals surface area contributed by atoms with Crippen molar-refractivity contribution in [2.45, 2.75) is 45.5 Å². The number of ether oxygens (including phenoxy) is 1. The third kappa shape index (κ3) is 3.77. The Balaban J connectivity index is 1.82. The molecule has 1 saturated heterocycles. The molecule has 0 radical (unpaired) electrons. The highest BCUT2D eigenvalue weighted by Gasteiger charge is 2.42. The van der Waals surface area contributed by atoms with Crippen molar-refractivity contribution in [3.8, 4) is 0 Å². The van der Waals surface area contributed by atoms with E-state index in [0.29, 0.717) is 11.5 Å². The third-order valence-electron chi connectivity index (χ3n) is 4.34. The number of benzene rings is 1. The van der Waals surface area contributed by atoms with Crippen LogP contribution in [0.1, 0.15) is 36.9 Å². The van der Waals surface area contributed by atoms with E-state index < -0.39 is 12.1 Å². The molecule has 1 N–H and O–H groups in total. The smallest absolute Gasteiger partial charge is 0.252 e. The molecule has 3 rings (SSSR count). The van der Waals surface area contributed by atoms with Crippen molar-refractivity contribution >= 4 is 11.8 Å². The second-order valence-corrected chi connectivity index (χ2v) is 6.63. The number of amides is 2. The minimum absolute atomic E-state index is 0.0508. The molecule has 2 amide bonds. The second kappa shape index (κ2) is 7.70. The van der Waals surface area contributed by atoms with E-state index in [9.17, 15) is 9.59 Å². The van der Waals surface area contributed by atoms with E-state index in [1.165, 1.54) is 0 Å². The minimum Gasteiger partial charge on any atom is -0.361 e. The zero-order valence-corrected chi connectivity index (χ0v) is 15.1. The lowest BCUT2D eigenvalue weighted by molar-refractivity contribution is -0.167. The molecule has 1 aromatic heterocycles. The molecule has 2 atom stereocenters. The van der Waals surface area contributed by atoms with E-state index in [1.54, 1.807) is 17.9 Å². The van der Waals surface area contributed by atoms with Gasteiger partial charge >= 0.3 is 0 Å². The van der Waals surface area contributed by atoms with Crippen LogP contribution in [0.25, 0.3) is 0 Å². The average Bonchev–Trinajstić information content (AvgIpc) is 3.05. The fraction of sp³-hybridized carbons (Fsp3) is 0.421. The van der Waals surface area contributed by atoms with Gasteiger partial charge in [0.25, 0.3) is 5.91 Å². The van der Waals surface area contributed by atoms with Crippen molar-refractivity contribution in [1.82, 2.24) is 15.4 Å². The summed E-state index contributed by atoms with van der Waals surface area (Å²) in [6.07, 6.45) is -0.787. The monoisotopic (exact) mass is 357 g/mol. The van der Waals surface area contributed by atoms with E-state index in [-0.39, 0.29) is 31.0 Å². The fourth-order valence-corrected chi connectivity index (χ4v) is 3.22. The Morgan fingerprint density at radius 2 is 2.08 bits per heavy atom. The predicted octanol–water partition coefficient (Wildman–Crippen LogP) is 1.98. The summed E-state index contributed by atoms with van der Waals surface area (Å²) in [4.78, 5) is 26.9. The molecule has 0 bridgehead atoms. The van der Waals surface area contributed by atoms with Crippen LogP contribution in [0.3, 0.4) is 0 Å². The average molecular weight is 357 g/mol. The maximum Gasteiger partial charge on any atom is 0.252 e. The van der Waals surface area contributed by atoms with E-state index in [4.69, 9.17) is 9.26 Å². The molecule has 1 aliphatic heterocycles. The van der Waals surface area contributed by atoms with Gasteiger partial charge < -0.3 is 19.5 Å². The van der Waals surface area contributed by atoms with Gasteiger partial charge in [-0.05, 0) is 26.3 Å². The van der Waals surface area contributed by atoms with Crippen LogP contribution in [0.5, 0.6) is 0 Å². The Kier molecular flexibility index (Phi) is 5.37. The van der Waals surface area contributed by atoms with Crippen molar-refractivity contribution in [3.63, 3.8) is 0 Å². The van der Waals surface area contributed by atoms with E-state index in [0.717, 1.165) is 5.56 Å². The number of hydrogen-bond acceptors (Lipinski definition) is 5.